The molecule has 0 aliphatic rings. The molecule has 0 aromatic heterocycles. The Morgan fingerprint density at radius 2 is 1.59 bits per heavy atom. The Hall–Kier alpha value is -3.26. The van der Waals surface area contributed by atoms with Gasteiger partial charge in [-0.2, -0.15) is 13.2 Å². The first kappa shape index (κ1) is 25.4. The number of likely N-dealkylation sites (N-methyl/N-ethyl adjacent to an activating group) is 1. The average Bonchev–Trinajstić information content (AvgIpc) is 2.81. The number of alkyl halides is 3. The van der Waals surface area contributed by atoms with Crippen LogP contribution in [0.2, 0.25) is 0 Å². The summed E-state index contributed by atoms with van der Waals surface area (Å²) in [7, 11) is 1.46. The van der Waals surface area contributed by atoms with Gasteiger partial charge in [0.15, 0.2) is 0 Å². The van der Waals surface area contributed by atoms with Crippen LogP contribution in [0.3, 0.4) is 0 Å². The third-order valence-corrected chi connectivity index (χ3v) is 5.61. The Morgan fingerprint density at radius 1 is 0.941 bits per heavy atom. The lowest BCUT2D eigenvalue weighted by molar-refractivity contribution is -0.137. The van der Waals surface area contributed by atoms with Gasteiger partial charge in [-0.3, -0.25) is 10.1 Å². The highest BCUT2D eigenvalue weighted by Gasteiger charge is 2.30. The van der Waals surface area contributed by atoms with E-state index < -0.39 is 35.5 Å². The van der Waals surface area contributed by atoms with Gasteiger partial charge in [0.05, 0.1) is 5.56 Å². The Morgan fingerprint density at radius 3 is 2.18 bits per heavy atom. The molecule has 1 amide bonds. The average molecular weight is 476 g/mol. The number of carbonyl (C=O) groups excluding carboxylic acids is 1. The molecule has 3 rings (SSSR count). The van der Waals surface area contributed by atoms with Crippen molar-refractivity contribution in [3.63, 3.8) is 0 Å². The molecular weight excluding hydrogens is 451 g/mol. The van der Waals surface area contributed by atoms with Crippen molar-refractivity contribution in [3.05, 3.63) is 106 Å². The van der Waals surface area contributed by atoms with Crippen LogP contribution in [-0.4, -0.2) is 13.0 Å². The summed E-state index contributed by atoms with van der Waals surface area (Å²) in [5.41, 5.74) is 1.55. The molecule has 8 heteroatoms. The first-order chi connectivity index (χ1) is 16.1. The molecule has 0 heterocycles. The number of benzene rings is 3. The quantitative estimate of drug-likeness (QED) is 0.389. The second-order valence-corrected chi connectivity index (χ2v) is 8.08. The molecule has 180 valence electrons. The van der Waals surface area contributed by atoms with E-state index in [2.05, 4.69) is 10.6 Å². The molecule has 3 aromatic carbocycles. The molecule has 0 spiro atoms. The summed E-state index contributed by atoms with van der Waals surface area (Å²) in [4.78, 5) is 12.7. The Balaban J connectivity index is 1.90. The standard InChI is InChI=1S/C26H25F5N2O/c1-16-3-13-22(28)21(15-16)23(14-6-17-4-9-19(10-5-17)26(29,30)31)33-24(25(34)32-2)18-7-11-20(27)12-8-18/h3-5,7-13,15,23-24,33H,6,14H2,1-2H3,(H,32,34)/t23-,24?/m0/s1. The largest absolute Gasteiger partial charge is 0.416 e. The zero-order valence-corrected chi connectivity index (χ0v) is 18.7. The van der Waals surface area contributed by atoms with E-state index in [-0.39, 0.29) is 5.91 Å². The fourth-order valence-electron chi connectivity index (χ4n) is 3.75. The van der Waals surface area contributed by atoms with Crippen LogP contribution in [-0.2, 0) is 17.4 Å². The highest BCUT2D eigenvalue weighted by atomic mass is 19.4. The van der Waals surface area contributed by atoms with Crippen molar-refractivity contribution in [1.29, 1.82) is 0 Å². The van der Waals surface area contributed by atoms with E-state index in [4.69, 9.17) is 0 Å². The smallest absolute Gasteiger partial charge is 0.358 e. The van der Waals surface area contributed by atoms with Crippen LogP contribution in [0.4, 0.5) is 22.0 Å². The van der Waals surface area contributed by atoms with Gasteiger partial charge in [-0.1, -0.05) is 42.0 Å². The van der Waals surface area contributed by atoms with Crippen molar-refractivity contribution >= 4 is 5.91 Å². The number of rotatable bonds is 8. The fraction of sp³-hybridized carbons (Fsp3) is 0.269. The number of hydrogen-bond acceptors (Lipinski definition) is 2. The maximum atomic E-state index is 14.8. The molecule has 0 saturated carbocycles. The van der Waals surface area contributed by atoms with Crippen molar-refractivity contribution in [2.24, 2.45) is 0 Å². The predicted octanol–water partition coefficient (Wildman–Crippen LogP) is 6.04. The summed E-state index contributed by atoms with van der Waals surface area (Å²) in [6.07, 6.45) is -3.78. The topological polar surface area (TPSA) is 41.1 Å². The van der Waals surface area contributed by atoms with Crippen molar-refractivity contribution in [2.45, 2.75) is 38.0 Å². The SMILES string of the molecule is CNC(=O)C(N[C@@H](CCc1ccc(C(F)(F)F)cc1)c1cc(C)ccc1F)c1ccc(F)cc1. The van der Waals surface area contributed by atoms with Crippen LogP contribution in [0, 0.1) is 18.6 Å². The van der Waals surface area contributed by atoms with Gasteiger partial charge in [0.1, 0.15) is 17.7 Å². The minimum absolute atomic E-state index is 0.306. The number of nitrogens with one attached hydrogen (secondary N) is 2. The number of aryl methyl sites for hydroxylation is 2. The van der Waals surface area contributed by atoms with Gasteiger partial charge in [-0.15, -0.1) is 0 Å². The van der Waals surface area contributed by atoms with E-state index in [1.165, 1.54) is 49.5 Å². The number of hydrogen-bond donors (Lipinski definition) is 2. The maximum Gasteiger partial charge on any atom is 0.416 e. The minimum atomic E-state index is -4.43. The van der Waals surface area contributed by atoms with Crippen LogP contribution in [0.5, 0.6) is 0 Å². The Bertz CT molecular complexity index is 1110. The summed E-state index contributed by atoms with van der Waals surface area (Å²) in [6, 6.07) is 13.3. The molecule has 0 aliphatic heterocycles. The molecule has 2 N–H and O–H groups in total. The highest BCUT2D eigenvalue weighted by molar-refractivity contribution is 5.83. The summed E-state index contributed by atoms with van der Waals surface area (Å²) < 4.78 is 66.8. The molecule has 0 bridgehead atoms. The fourth-order valence-corrected chi connectivity index (χ4v) is 3.75. The molecule has 3 nitrogen and oxygen atoms in total. The van der Waals surface area contributed by atoms with E-state index in [1.54, 1.807) is 12.1 Å². The molecule has 0 saturated heterocycles. The van der Waals surface area contributed by atoms with E-state index in [9.17, 15) is 26.7 Å². The second-order valence-electron chi connectivity index (χ2n) is 8.08. The lowest BCUT2D eigenvalue weighted by Crippen LogP contribution is -2.38. The van der Waals surface area contributed by atoms with Crippen LogP contribution in [0.15, 0.2) is 66.7 Å². The second kappa shape index (κ2) is 10.8. The van der Waals surface area contributed by atoms with E-state index in [1.807, 2.05) is 6.92 Å². The number of halogens is 5. The normalized spacial score (nSPS) is 13.4. The zero-order valence-electron chi connectivity index (χ0n) is 18.7. The van der Waals surface area contributed by atoms with Gasteiger partial charge < -0.3 is 5.32 Å². The van der Waals surface area contributed by atoms with Gasteiger partial charge in [-0.25, -0.2) is 8.78 Å². The van der Waals surface area contributed by atoms with Crippen molar-refractivity contribution in [2.75, 3.05) is 7.05 Å². The summed E-state index contributed by atoms with van der Waals surface area (Å²) in [6.45, 7) is 1.81. The number of amides is 1. The molecule has 0 radical (unpaired) electrons. The van der Waals surface area contributed by atoms with Crippen molar-refractivity contribution < 1.29 is 26.7 Å². The van der Waals surface area contributed by atoms with Gasteiger partial charge in [0, 0.05) is 18.7 Å². The van der Waals surface area contributed by atoms with Crippen molar-refractivity contribution in [3.8, 4) is 0 Å². The van der Waals surface area contributed by atoms with Gasteiger partial charge in [-0.05, 0) is 61.2 Å². The third-order valence-electron chi connectivity index (χ3n) is 5.61. The van der Waals surface area contributed by atoms with Gasteiger partial charge >= 0.3 is 6.18 Å². The number of carbonyl (C=O) groups is 1. The lowest BCUT2D eigenvalue weighted by Gasteiger charge is -2.26. The van der Waals surface area contributed by atoms with E-state index in [0.29, 0.717) is 29.5 Å². The molecule has 2 atom stereocenters. The van der Waals surface area contributed by atoms with E-state index in [0.717, 1.165) is 17.7 Å². The Labute approximate surface area is 195 Å². The molecule has 34 heavy (non-hydrogen) atoms. The van der Waals surface area contributed by atoms with Crippen LogP contribution in [0.1, 0.15) is 46.3 Å². The van der Waals surface area contributed by atoms with Crippen LogP contribution < -0.4 is 10.6 Å². The first-order valence-electron chi connectivity index (χ1n) is 10.7. The molecule has 3 aromatic rings. The molecule has 1 unspecified atom stereocenters. The molecule has 0 aliphatic carbocycles. The monoisotopic (exact) mass is 476 g/mol. The first-order valence-corrected chi connectivity index (χ1v) is 10.7. The summed E-state index contributed by atoms with van der Waals surface area (Å²) >= 11 is 0. The van der Waals surface area contributed by atoms with Crippen LogP contribution >= 0.6 is 0 Å². The lowest BCUT2D eigenvalue weighted by atomic mass is 9.94. The minimum Gasteiger partial charge on any atom is -0.358 e. The van der Waals surface area contributed by atoms with Crippen molar-refractivity contribution in [1.82, 2.24) is 10.6 Å². The van der Waals surface area contributed by atoms with Gasteiger partial charge in [0.2, 0.25) is 5.91 Å². The summed E-state index contributed by atoms with van der Waals surface area (Å²) in [5.74, 6) is -1.31. The third kappa shape index (κ3) is 6.41. The Kier molecular flexibility index (Phi) is 8.04. The molecular formula is C26H25F5N2O. The highest BCUT2D eigenvalue weighted by Crippen LogP contribution is 2.31. The zero-order chi connectivity index (χ0) is 24.9. The molecule has 0 fully saturated rings. The van der Waals surface area contributed by atoms with E-state index >= 15 is 0 Å². The summed E-state index contributed by atoms with van der Waals surface area (Å²) in [5, 5.41) is 5.74. The van der Waals surface area contributed by atoms with Gasteiger partial charge in [0.25, 0.3) is 0 Å². The predicted molar refractivity (Wildman–Crippen MR) is 120 cm³/mol. The maximum absolute atomic E-state index is 14.8. The van der Waals surface area contributed by atoms with Crippen LogP contribution in [0.25, 0.3) is 0 Å².